The number of hydrogen-bond acceptors (Lipinski definition) is 3. The van der Waals surface area contributed by atoms with Crippen LogP contribution >= 0.6 is 0 Å². The molecule has 1 amide bonds. The van der Waals surface area contributed by atoms with Crippen LogP contribution in [0.3, 0.4) is 0 Å². The SMILES string of the molecule is CCCC[C@@H](C(=O)N1CCCC1c1ccccc1)[C@H](O)C(=O)O. The molecule has 5 nitrogen and oxygen atoms in total. The first-order chi connectivity index (χ1) is 11.1. The molecular formula is C18H25NO4. The van der Waals surface area contributed by atoms with Gasteiger partial charge in [-0.25, -0.2) is 4.79 Å². The lowest BCUT2D eigenvalue weighted by Gasteiger charge is -2.30. The number of nitrogens with zero attached hydrogens (tertiary/aromatic N) is 1. The Morgan fingerprint density at radius 1 is 1.30 bits per heavy atom. The highest BCUT2D eigenvalue weighted by molar-refractivity contribution is 5.86. The predicted octanol–water partition coefficient (Wildman–Crippen LogP) is 2.60. The Morgan fingerprint density at radius 2 is 2.00 bits per heavy atom. The molecule has 1 aliphatic rings. The van der Waals surface area contributed by atoms with Gasteiger partial charge >= 0.3 is 5.97 Å². The lowest BCUT2D eigenvalue weighted by molar-refractivity contribution is -0.157. The monoisotopic (exact) mass is 319 g/mol. The Morgan fingerprint density at radius 3 is 2.61 bits per heavy atom. The van der Waals surface area contributed by atoms with E-state index in [9.17, 15) is 14.7 Å². The van der Waals surface area contributed by atoms with Gasteiger partial charge in [-0.05, 0) is 24.8 Å². The molecule has 0 spiro atoms. The zero-order valence-corrected chi connectivity index (χ0v) is 13.5. The summed E-state index contributed by atoms with van der Waals surface area (Å²) in [7, 11) is 0. The van der Waals surface area contributed by atoms with Crippen molar-refractivity contribution in [3.63, 3.8) is 0 Å². The molecule has 0 saturated carbocycles. The minimum absolute atomic E-state index is 0.0196. The quantitative estimate of drug-likeness (QED) is 0.810. The molecule has 5 heteroatoms. The van der Waals surface area contributed by atoms with Gasteiger partial charge in [0.1, 0.15) is 0 Å². The molecular weight excluding hydrogens is 294 g/mol. The maximum atomic E-state index is 12.9. The number of carboxylic acids is 1. The van der Waals surface area contributed by atoms with Gasteiger partial charge in [-0.2, -0.15) is 0 Å². The summed E-state index contributed by atoms with van der Waals surface area (Å²) >= 11 is 0. The fraction of sp³-hybridized carbons (Fsp3) is 0.556. The van der Waals surface area contributed by atoms with Crippen molar-refractivity contribution in [3.8, 4) is 0 Å². The van der Waals surface area contributed by atoms with Crippen LogP contribution in [0, 0.1) is 5.92 Å². The van der Waals surface area contributed by atoms with E-state index in [0.717, 1.165) is 31.2 Å². The van der Waals surface area contributed by atoms with Crippen LogP contribution in [0.25, 0.3) is 0 Å². The molecule has 0 bridgehead atoms. The molecule has 0 aliphatic carbocycles. The second-order valence-electron chi connectivity index (χ2n) is 6.13. The van der Waals surface area contributed by atoms with Crippen LogP contribution < -0.4 is 0 Å². The Bertz CT molecular complexity index is 531. The van der Waals surface area contributed by atoms with E-state index in [0.29, 0.717) is 13.0 Å². The van der Waals surface area contributed by atoms with Crippen molar-refractivity contribution >= 4 is 11.9 Å². The smallest absolute Gasteiger partial charge is 0.333 e. The summed E-state index contributed by atoms with van der Waals surface area (Å²) in [5, 5.41) is 19.1. The van der Waals surface area contributed by atoms with Gasteiger partial charge in [-0.1, -0.05) is 50.1 Å². The normalized spacial score (nSPS) is 20.3. The van der Waals surface area contributed by atoms with Crippen LogP contribution in [-0.4, -0.2) is 39.6 Å². The van der Waals surface area contributed by atoms with E-state index in [4.69, 9.17) is 5.11 Å². The standard InChI is InChI=1S/C18H25NO4/c1-2-3-10-14(16(20)18(22)23)17(21)19-12-7-11-15(19)13-8-5-4-6-9-13/h4-6,8-9,14-16,20H,2-3,7,10-12H2,1H3,(H,22,23)/t14-,15?,16+/m1/s1. The number of carbonyl (C=O) groups excluding carboxylic acids is 1. The maximum Gasteiger partial charge on any atom is 0.333 e. The highest BCUT2D eigenvalue weighted by Gasteiger charge is 2.38. The van der Waals surface area contributed by atoms with Gasteiger partial charge in [-0.15, -0.1) is 0 Å². The fourth-order valence-electron chi connectivity index (χ4n) is 3.28. The number of benzene rings is 1. The van der Waals surface area contributed by atoms with E-state index in [-0.39, 0.29) is 11.9 Å². The van der Waals surface area contributed by atoms with Gasteiger partial charge in [0.05, 0.1) is 12.0 Å². The fourth-order valence-corrected chi connectivity index (χ4v) is 3.28. The molecule has 1 aliphatic heterocycles. The van der Waals surface area contributed by atoms with Gasteiger partial charge in [0.2, 0.25) is 5.91 Å². The number of carbonyl (C=O) groups is 2. The molecule has 1 aromatic rings. The van der Waals surface area contributed by atoms with Crippen LogP contribution in [0.4, 0.5) is 0 Å². The van der Waals surface area contributed by atoms with Gasteiger partial charge in [0.25, 0.3) is 0 Å². The van der Waals surface area contributed by atoms with E-state index in [1.165, 1.54) is 0 Å². The Labute approximate surface area is 136 Å². The third kappa shape index (κ3) is 4.10. The molecule has 0 aromatic heterocycles. The zero-order valence-electron chi connectivity index (χ0n) is 13.5. The summed E-state index contributed by atoms with van der Waals surface area (Å²) in [5.74, 6) is -2.42. The number of unbranched alkanes of at least 4 members (excludes halogenated alkanes) is 1. The number of likely N-dealkylation sites (tertiary alicyclic amines) is 1. The summed E-state index contributed by atoms with van der Waals surface area (Å²) in [4.78, 5) is 25.8. The van der Waals surface area contributed by atoms with Crippen molar-refractivity contribution in [1.29, 1.82) is 0 Å². The molecule has 2 N–H and O–H groups in total. The second-order valence-corrected chi connectivity index (χ2v) is 6.13. The van der Waals surface area contributed by atoms with Crippen LogP contribution in [0.2, 0.25) is 0 Å². The first kappa shape index (κ1) is 17.5. The van der Waals surface area contributed by atoms with Crippen molar-refractivity contribution in [2.24, 2.45) is 5.92 Å². The largest absolute Gasteiger partial charge is 0.479 e. The Balaban J connectivity index is 2.18. The number of aliphatic hydroxyl groups excluding tert-OH is 1. The number of amides is 1. The molecule has 1 fully saturated rings. The first-order valence-electron chi connectivity index (χ1n) is 8.32. The Kier molecular flexibility index (Phi) is 6.16. The topological polar surface area (TPSA) is 77.8 Å². The van der Waals surface area contributed by atoms with Gasteiger partial charge in [-0.3, -0.25) is 4.79 Å². The van der Waals surface area contributed by atoms with Crippen LogP contribution in [-0.2, 0) is 9.59 Å². The highest BCUT2D eigenvalue weighted by Crippen LogP contribution is 2.34. The van der Waals surface area contributed by atoms with Crippen LogP contribution in [0.1, 0.15) is 50.6 Å². The zero-order chi connectivity index (χ0) is 16.8. The van der Waals surface area contributed by atoms with Crippen LogP contribution in [0.5, 0.6) is 0 Å². The number of rotatable bonds is 7. The lowest BCUT2D eigenvalue weighted by Crippen LogP contribution is -2.43. The predicted molar refractivity (Wildman–Crippen MR) is 86.8 cm³/mol. The Hall–Kier alpha value is -1.88. The summed E-state index contributed by atoms with van der Waals surface area (Å²) in [5.41, 5.74) is 1.07. The van der Waals surface area contributed by atoms with E-state index < -0.39 is 18.0 Å². The molecule has 3 atom stereocenters. The van der Waals surface area contributed by atoms with E-state index in [1.807, 2.05) is 37.3 Å². The van der Waals surface area contributed by atoms with Crippen molar-refractivity contribution in [2.45, 2.75) is 51.2 Å². The minimum atomic E-state index is -1.63. The summed E-state index contributed by atoms with van der Waals surface area (Å²) < 4.78 is 0. The van der Waals surface area contributed by atoms with Gasteiger partial charge in [0.15, 0.2) is 6.10 Å². The molecule has 2 rings (SSSR count). The summed E-state index contributed by atoms with van der Waals surface area (Å²) in [6.07, 6.45) is 2.13. The molecule has 1 aromatic carbocycles. The van der Waals surface area contributed by atoms with E-state index >= 15 is 0 Å². The van der Waals surface area contributed by atoms with Crippen molar-refractivity contribution in [1.82, 2.24) is 4.90 Å². The maximum absolute atomic E-state index is 12.9. The highest BCUT2D eigenvalue weighted by atomic mass is 16.4. The average molecular weight is 319 g/mol. The summed E-state index contributed by atoms with van der Waals surface area (Å²) in [6.45, 7) is 2.60. The van der Waals surface area contributed by atoms with Crippen LogP contribution in [0.15, 0.2) is 30.3 Å². The van der Waals surface area contributed by atoms with Gasteiger partial charge < -0.3 is 15.1 Å². The third-order valence-electron chi connectivity index (χ3n) is 4.54. The third-order valence-corrected chi connectivity index (χ3v) is 4.54. The van der Waals surface area contributed by atoms with Crippen molar-refractivity contribution in [3.05, 3.63) is 35.9 Å². The van der Waals surface area contributed by atoms with Crippen molar-refractivity contribution < 1.29 is 19.8 Å². The molecule has 23 heavy (non-hydrogen) atoms. The first-order valence-corrected chi connectivity index (χ1v) is 8.32. The average Bonchev–Trinajstić information content (AvgIpc) is 3.05. The number of carboxylic acid groups (broad SMARTS) is 1. The molecule has 0 radical (unpaired) electrons. The molecule has 1 heterocycles. The second kappa shape index (κ2) is 8.11. The number of aliphatic hydroxyl groups is 1. The lowest BCUT2D eigenvalue weighted by atomic mass is 9.93. The minimum Gasteiger partial charge on any atom is -0.479 e. The van der Waals surface area contributed by atoms with E-state index in [2.05, 4.69) is 0 Å². The van der Waals surface area contributed by atoms with Crippen molar-refractivity contribution in [2.75, 3.05) is 6.54 Å². The summed E-state index contributed by atoms with van der Waals surface area (Å²) in [6, 6.07) is 9.78. The molecule has 1 saturated heterocycles. The molecule has 1 unspecified atom stereocenters. The van der Waals surface area contributed by atoms with E-state index in [1.54, 1.807) is 4.90 Å². The number of hydrogen-bond donors (Lipinski definition) is 2. The van der Waals surface area contributed by atoms with Gasteiger partial charge in [0, 0.05) is 6.54 Å². The molecule has 126 valence electrons. The number of aliphatic carboxylic acids is 1.